The zero-order chi connectivity index (χ0) is 26.6. The van der Waals surface area contributed by atoms with Crippen LogP contribution in [0, 0.1) is 0 Å². The molecule has 0 aliphatic carbocycles. The van der Waals surface area contributed by atoms with E-state index in [1.807, 2.05) is 54.6 Å². The van der Waals surface area contributed by atoms with Gasteiger partial charge >= 0.3 is 6.16 Å². The van der Waals surface area contributed by atoms with E-state index in [2.05, 4.69) is 4.98 Å². The molecule has 0 bridgehead atoms. The fourth-order valence-corrected chi connectivity index (χ4v) is 4.95. The maximum Gasteiger partial charge on any atom is 0.519 e. The third-order valence-corrected chi connectivity index (χ3v) is 6.96. The number of H-pyrrole nitrogens is 1. The molecule has 1 atom stereocenters. The van der Waals surface area contributed by atoms with Crippen molar-refractivity contribution in [2.24, 2.45) is 5.73 Å². The first kappa shape index (κ1) is 26.1. The monoisotopic (exact) mass is 564 g/mol. The molecule has 0 aliphatic heterocycles. The Morgan fingerprint density at radius 3 is 1.82 bits per heavy atom. The van der Waals surface area contributed by atoms with E-state index in [1.165, 1.54) is 0 Å². The van der Waals surface area contributed by atoms with Gasteiger partial charge in [-0.25, -0.2) is 4.79 Å². The number of nitrogens with one attached hydrogen (secondary N) is 1. The topological polar surface area (TPSA) is 77.3 Å². The molecule has 5 nitrogen and oxygen atoms in total. The average molecular weight is 566 g/mol. The van der Waals surface area contributed by atoms with Gasteiger partial charge in [-0.2, -0.15) is 0 Å². The first-order valence-corrected chi connectivity index (χ1v) is 13.1. The number of fused-ring (bicyclic) bond motifs is 1. The van der Waals surface area contributed by atoms with Crippen molar-refractivity contribution in [3.8, 4) is 11.5 Å². The summed E-state index contributed by atoms with van der Waals surface area (Å²) in [5, 5.41) is 2.91. The predicted molar refractivity (Wildman–Crippen MR) is 153 cm³/mol. The number of carbonyl (C=O) groups is 1. The molecule has 38 heavy (non-hydrogen) atoms. The van der Waals surface area contributed by atoms with Gasteiger partial charge < -0.3 is 20.2 Å². The fourth-order valence-electron chi connectivity index (χ4n) is 4.53. The van der Waals surface area contributed by atoms with Crippen LogP contribution in [0.5, 0.6) is 11.5 Å². The van der Waals surface area contributed by atoms with Crippen LogP contribution in [-0.2, 0) is 6.42 Å². The van der Waals surface area contributed by atoms with Gasteiger partial charge in [0.25, 0.3) is 0 Å². The Labute approximate surface area is 235 Å². The largest absolute Gasteiger partial charge is 0.519 e. The van der Waals surface area contributed by atoms with Gasteiger partial charge in [0.15, 0.2) is 0 Å². The van der Waals surface area contributed by atoms with E-state index in [-0.39, 0.29) is 5.92 Å². The van der Waals surface area contributed by atoms with E-state index in [9.17, 15) is 4.79 Å². The summed E-state index contributed by atoms with van der Waals surface area (Å²) in [7, 11) is 0. The first-order chi connectivity index (χ1) is 18.4. The molecular weight excluding hydrogens is 543 g/mol. The Balaban J connectivity index is 1.49. The van der Waals surface area contributed by atoms with Gasteiger partial charge in [0.2, 0.25) is 0 Å². The molecule has 1 unspecified atom stereocenters. The maximum absolute atomic E-state index is 12.3. The standard InChI is InChI=1S/C30H23Cl3N2O3/c31-20-5-1-18(2-6-20)28(29-25(15-16-34)26-17-22(33)9-14-27(26)35-29)19-3-10-23(11-4-19)37-30(36)38-24-12-7-21(32)8-13-24/h1-14,17,28,35H,15-16,34H2. The van der Waals surface area contributed by atoms with E-state index in [0.717, 1.165) is 33.3 Å². The minimum atomic E-state index is -0.841. The Bertz CT molecular complexity index is 1560. The SMILES string of the molecule is NCCc1c(C(c2ccc(Cl)cc2)c2ccc(OC(=O)Oc3ccc(Cl)cc3)cc2)[nH]c2ccc(Cl)cc12. The average Bonchev–Trinajstić information content (AvgIpc) is 3.25. The molecular formula is C30H23Cl3N2O3. The summed E-state index contributed by atoms with van der Waals surface area (Å²) < 4.78 is 10.6. The van der Waals surface area contributed by atoms with Crippen LogP contribution in [0.1, 0.15) is 28.3 Å². The van der Waals surface area contributed by atoms with Crippen molar-refractivity contribution >= 4 is 51.9 Å². The zero-order valence-corrected chi connectivity index (χ0v) is 22.4. The fraction of sp³-hybridized carbons (Fsp3) is 0.100. The quantitative estimate of drug-likeness (QED) is 0.153. The van der Waals surface area contributed by atoms with Crippen LogP contribution < -0.4 is 15.2 Å². The van der Waals surface area contributed by atoms with Gasteiger partial charge in [-0.15, -0.1) is 0 Å². The number of rotatable bonds is 7. The lowest BCUT2D eigenvalue weighted by molar-refractivity contribution is 0.152. The van der Waals surface area contributed by atoms with Crippen LogP contribution in [0.2, 0.25) is 15.1 Å². The van der Waals surface area contributed by atoms with Gasteiger partial charge in [-0.1, -0.05) is 59.1 Å². The number of nitrogens with two attached hydrogens (primary N) is 1. The van der Waals surface area contributed by atoms with Crippen LogP contribution in [0.15, 0.2) is 91.0 Å². The number of hydrogen-bond donors (Lipinski definition) is 2. The van der Waals surface area contributed by atoms with Crippen LogP contribution in [0.3, 0.4) is 0 Å². The lowest BCUT2D eigenvalue weighted by Crippen LogP contribution is -2.14. The van der Waals surface area contributed by atoms with Gasteiger partial charge in [0, 0.05) is 37.6 Å². The van der Waals surface area contributed by atoms with E-state index < -0.39 is 6.16 Å². The molecule has 0 saturated heterocycles. The number of aromatic amines is 1. The first-order valence-electron chi connectivity index (χ1n) is 11.9. The third-order valence-electron chi connectivity index (χ3n) is 6.22. The van der Waals surface area contributed by atoms with E-state index >= 15 is 0 Å². The molecule has 3 N–H and O–H groups in total. The number of aromatic nitrogens is 1. The molecule has 4 aromatic carbocycles. The van der Waals surface area contributed by atoms with Gasteiger partial charge in [0.05, 0.1) is 0 Å². The Morgan fingerprint density at radius 2 is 1.24 bits per heavy atom. The van der Waals surface area contributed by atoms with Crippen molar-refractivity contribution in [2.45, 2.75) is 12.3 Å². The Morgan fingerprint density at radius 1 is 0.737 bits per heavy atom. The number of hydrogen-bond acceptors (Lipinski definition) is 4. The van der Waals surface area contributed by atoms with Gasteiger partial charge in [-0.3, -0.25) is 0 Å². The molecule has 0 spiro atoms. The second kappa shape index (κ2) is 11.5. The summed E-state index contributed by atoms with van der Waals surface area (Å²) in [6.07, 6.45) is -0.163. The maximum atomic E-state index is 12.3. The highest BCUT2D eigenvalue weighted by atomic mass is 35.5. The molecule has 192 valence electrons. The molecule has 0 fully saturated rings. The lowest BCUT2D eigenvalue weighted by atomic mass is 9.86. The van der Waals surface area contributed by atoms with Crippen molar-refractivity contribution in [1.29, 1.82) is 0 Å². The molecule has 5 aromatic rings. The highest BCUT2D eigenvalue weighted by Gasteiger charge is 2.24. The van der Waals surface area contributed by atoms with E-state index in [0.29, 0.717) is 39.5 Å². The summed E-state index contributed by atoms with van der Waals surface area (Å²) in [5.41, 5.74) is 11.2. The number of carbonyl (C=O) groups excluding carboxylic acids is 1. The van der Waals surface area contributed by atoms with Crippen molar-refractivity contribution in [1.82, 2.24) is 4.98 Å². The van der Waals surface area contributed by atoms with E-state index in [4.69, 9.17) is 50.0 Å². The minimum Gasteiger partial charge on any atom is -0.395 e. The zero-order valence-electron chi connectivity index (χ0n) is 20.1. The summed E-state index contributed by atoms with van der Waals surface area (Å²) in [6.45, 7) is 0.488. The van der Waals surface area contributed by atoms with Gasteiger partial charge in [0.1, 0.15) is 11.5 Å². The summed E-state index contributed by atoms with van der Waals surface area (Å²) in [4.78, 5) is 15.9. The van der Waals surface area contributed by atoms with Crippen LogP contribution in [0.4, 0.5) is 4.79 Å². The van der Waals surface area contributed by atoms with Crippen LogP contribution in [-0.4, -0.2) is 17.7 Å². The van der Waals surface area contributed by atoms with Crippen molar-refractivity contribution in [2.75, 3.05) is 6.54 Å². The third kappa shape index (κ3) is 5.82. The predicted octanol–water partition coefficient (Wildman–Crippen LogP) is 8.39. The van der Waals surface area contributed by atoms with Crippen LogP contribution >= 0.6 is 34.8 Å². The van der Waals surface area contributed by atoms with E-state index in [1.54, 1.807) is 36.4 Å². The molecule has 1 heterocycles. The Kier molecular flexibility index (Phi) is 7.91. The second-order valence-corrected chi connectivity index (χ2v) is 10.0. The summed E-state index contributed by atoms with van der Waals surface area (Å²) in [6, 6.07) is 27.3. The van der Waals surface area contributed by atoms with Crippen molar-refractivity contribution in [3.05, 3.63) is 128 Å². The summed E-state index contributed by atoms with van der Waals surface area (Å²) >= 11 is 18.4. The second-order valence-electron chi connectivity index (χ2n) is 8.71. The minimum absolute atomic E-state index is 0.157. The lowest BCUT2D eigenvalue weighted by Gasteiger charge is -2.20. The van der Waals surface area contributed by atoms with Crippen LogP contribution in [0.25, 0.3) is 10.9 Å². The Hall–Kier alpha value is -3.48. The van der Waals surface area contributed by atoms with Crippen molar-refractivity contribution < 1.29 is 14.3 Å². The smallest absolute Gasteiger partial charge is 0.395 e. The van der Waals surface area contributed by atoms with Gasteiger partial charge in [-0.05, 0) is 96.4 Å². The molecule has 5 rings (SSSR count). The highest BCUT2D eigenvalue weighted by Crippen LogP contribution is 2.38. The van der Waals surface area contributed by atoms with Crippen molar-refractivity contribution in [3.63, 3.8) is 0 Å². The molecule has 0 aliphatic rings. The molecule has 1 aromatic heterocycles. The summed E-state index contributed by atoms with van der Waals surface area (Å²) in [5.74, 6) is 0.536. The number of halogens is 3. The molecule has 0 amide bonds. The molecule has 0 radical (unpaired) electrons. The number of ether oxygens (including phenoxy) is 2. The molecule has 0 saturated carbocycles. The number of benzene rings is 4. The highest BCUT2D eigenvalue weighted by molar-refractivity contribution is 6.31. The molecule has 8 heteroatoms. The normalized spacial score (nSPS) is 11.9.